The molecule has 0 saturated carbocycles. The van der Waals surface area contributed by atoms with E-state index < -0.39 is 5.92 Å². The largest absolute Gasteiger partial charge is 0.454 e. The van der Waals surface area contributed by atoms with Crippen LogP contribution in [0.25, 0.3) is 0 Å². The number of hydrogen-bond donors (Lipinski definition) is 1. The SMILES string of the molecule is CC(=O)c1cccc(NC(=O)C2CC(=O)N(c3ccc4c(c3)OCO4)C2)c1. The van der Waals surface area contributed by atoms with Gasteiger partial charge >= 0.3 is 0 Å². The fourth-order valence-corrected chi connectivity index (χ4v) is 3.25. The lowest BCUT2D eigenvalue weighted by atomic mass is 10.1. The van der Waals surface area contributed by atoms with E-state index in [1.807, 2.05) is 0 Å². The van der Waals surface area contributed by atoms with E-state index in [1.165, 1.54) is 6.92 Å². The molecule has 0 radical (unpaired) electrons. The first kappa shape index (κ1) is 17.1. The standard InChI is InChI=1S/C20H18N2O5/c1-12(23)13-3-2-4-15(7-13)21-20(25)14-8-19(24)22(10-14)16-5-6-17-18(9-16)27-11-26-17/h2-7,9,14H,8,10-11H2,1H3,(H,21,25). The average Bonchev–Trinajstić information content (AvgIpc) is 3.27. The number of benzene rings is 2. The van der Waals surface area contributed by atoms with Crippen LogP contribution in [0.2, 0.25) is 0 Å². The number of hydrogen-bond acceptors (Lipinski definition) is 5. The Morgan fingerprint density at radius 2 is 1.93 bits per heavy atom. The molecule has 2 aliphatic rings. The molecule has 4 rings (SSSR count). The van der Waals surface area contributed by atoms with Gasteiger partial charge in [0.25, 0.3) is 0 Å². The molecule has 1 N–H and O–H groups in total. The molecule has 138 valence electrons. The molecule has 2 amide bonds. The summed E-state index contributed by atoms with van der Waals surface area (Å²) in [4.78, 5) is 38.1. The Balaban J connectivity index is 1.46. The van der Waals surface area contributed by atoms with Gasteiger partial charge in [0.2, 0.25) is 18.6 Å². The molecule has 0 spiro atoms. The van der Waals surface area contributed by atoms with Crippen molar-refractivity contribution in [1.82, 2.24) is 0 Å². The first-order chi connectivity index (χ1) is 13.0. The molecule has 1 fully saturated rings. The minimum atomic E-state index is -0.469. The van der Waals surface area contributed by atoms with Crippen molar-refractivity contribution < 1.29 is 23.9 Å². The molecule has 0 bridgehead atoms. The third kappa shape index (κ3) is 3.36. The lowest BCUT2D eigenvalue weighted by Crippen LogP contribution is -2.28. The van der Waals surface area contributed by atoms with Crippen LogP contribution in [0.5, 0.6) is 11.5 Å². The van der Waals surface area contributed by atoms with Crippen LogP contribution < -0.4 is 19.7 Å². The number of amides is 2. The van der Waals surface area contributed by atoms with Crippen molar-refractivity contribution in [3.8, 4) is 11.5 Å². The summed E-state index contributed by atoms with van der Waals surface area (Å²) in [6.45, 7) is 1.92. The van der Waals surface area contributed by atoms with E-state index in [1.54, 1.807) is 47.4 Å². The van der Waals surface area contributed by atoms with Crippen molar-refractivity contribution in [3.05, 3.63) is 48.0 Å². The van der Waals surface area contributed by atoms with Crippen LogP contribution in [0.1, 0.15) is 23.7 Å². The van der Waals surface area contributed by atoms with Gasteiger partial charge in [-0.3, -0.25) is 14.4 Å². The molecule has 0 aliphatic carbocycles. The van der Waals surface area contributed by atoms with Gasteiger partial charge in [0.05, 0.1) is 5.92 Å². The lowest BCUT2D eigenvalue weighted by molar-refractivity contribution is -0.122. The van der Waals surface area contributed by atoms with E-state index in [-0.39, 0.29) is 37.4 Å². The van der Waals surface area contributed by atoms with Gasteiger partial charge < -0.3 is 19.7 Å². The van der Waals surface area contributed by atoms with Crippen LogP contribution in [-0.4, -0.2) is 30.9 Å². The highest BCUT2D eigenvalue weighted by molar-refractivity contribution is 6.04. The third-order valence-corrected chi connectivity index (χ3v) is 4.70. The van der Waals surface area contributed by atoms with Crippen molar-refractivity contribution in [2.75, 3.05) is 23.6 Å². The van der Waals surface area contributed by atoms with Gasteiger partial charge in [0, 0.05) is 36.0 Å². The van der Waals surface area contributed by atoms with Gasteiger partial charge in [-0.15, -0.1) is 0 Å². The molecule has 2 aromatic rings. The third-order valence-electron chi connectivity index (χ3n) is 4.70. The number of fused-ring (bicyclic) bond motifs is 1. The normalized spacial score (nSPS) is 17.9. The topological polar surface area (TPSA) is 84.9 Å². The number of ketones is 1. The molecule has 1 saturated heterocycles. The number of carbonyl (C=O) groups excluding carboxylic acids is 3. The summed E-state index contributed by atoms with van der Waals surface area (Å²) < 4.78 is 10.6. The number of ether oxygens (including phenoxy) is 2. The van der Waals surface area contributed by atoms with Gasteiger partial charge in [0.15, 0.2) is 17.3 Å². The Morgan fingerprint density at radius 3 is 2.74 bits per heavy atom. The molecule has 7 heteroatoms. The van der Waals surface area contributed by atoms with Crippen molar-refractivity contribution in [1.29, 1.82) is 0 Å². The van der Waals surface area contributed by atoms with Gasteiger partial charge in [0.1, 0.15) is 0 Å². The number of Topliss-reactive ketones (excluding diaryl/α,β-unsaturated/α-hetero) is 1. The Labute approximate surface area is 155 Å². The summed E-state index contributed by atoms with van der Waals surface area (Å²) in [5, 5.41) is 2.80. The van der Waals surface area contributed by atoms with E-state index in [9.17, 15) is 14.4 Å². The maximum atomic E-state index is 12.6. The fraction of sp³-hybridized carbons (Fsp3) is 0.250. The molecule has 7 nitrogen and oxygen atoms in total. The monoisotopic (exact) mass is 366 g/mol. The second kappa shape index (κ2) is 6.75. The number of anilines is 2. The Kier molecular flexibility index (Phi) is 4.27. The van der Waals surface area contributed by atoms with Crippen LogP contribution in [-0.2, 0) is 9.59 Å². The van der Waals surface area contributed by atoms with Crippen LogP contribution in [0.15, 0.2) is 42.5 Å². The molecule has 0 aromatic heterocycles. The molecule has 2 aliphatic heterocycles. The zero-order valence-corrected chi connectivity index (χ0v) is 14.7. The smallest absolute Gasteiger partial charge is 0.231 e. The molecule has 1 unspecified atom stereocenters. The summed E-state index contributed by atoms with van der Waals surface area (Å²) in [5.74, 6) is 0.332. The maximum absolute atomic E-state index is 12.6. The number of rotatable bonds is 4. The Hall–Kier alpha value is -3.35. The highest BCUT2D eigenvalue weighted by Gasteiger charge is 2.35. The average molecular weight is 366 g/mol. The van der Waals surface area contributed by atoms with Gasteiger partial charge in [-0.05, 0) is 31.2 Å². The first-order valence-corrected chi connectivity index (χ1v) is 8.63. The van der Waals surface area contributed by atoms with Crippen LogP contribution >= 0.6 is 0 Å². The molecule has 27 heavy (non-hydrogen) atoms. The van der Waals surface area contributed by atoms with E-state index >= 15 is 0 Å². The summed E-state index contributed by atoms with van der Waals surface area (Å²) in [7, 11) is 0. The van der Waals surface area contributed by atoms with Gasteiger partial charge in [-0.1, -0.05) is 12.1 Å². The molecular weight excluding hydrogens is 348 g/mol. The highest BCUT2D eigenvalue weighted by Crippen LogP contribution is 2.37. The maximum Gasteiger partial charge on any atom is 0.231 e. The molecule has 2 heterocycles. The Morgan fingerprint density at radius 1 is 1.11 bits per heavy atom. The number of nitrogens with one attached hydrogen (secondary N) is 1. The fourth-order valence-electron chi connectivity index (χ4n) is 3.25. The van der Waals surface area contributed by atoms with Crippen molar-refractivity contribution in [2.45, 2.75) is 13.3 Å². The summed E-state index contributed by atoms with van der Waals surface area (Å²) >= 11 is 0. The van der Waals surface area contributed by atoms with Crippen LogP contribution in [0, 0.1) is 5.92 Å². The second-order valence-corrected chi connectivity index (χ2v) is 6.57. The minimum absolute atomic E-state index is 0.0730. The second-order valence-electron chi connectivity index (χ2n) is 6.57. The first-order valence-electron chi connectivity index (χ1n) is 8.63. The molecular formula is C20H18N2O5. The Bertz CT molecular complexity index is 940. The van der Waals surface area contributed by atoms with Gasteiger partial charge in [-0.25, -0.2) is 0 Å². The van der Waals surface area contributed by atoms with Crippen molar-refractivity contribution in [2.24, 2.45) is 5.92 Å². The summed E-state index contributed by atoms with van der Waals surface area (Å²) in [6, 6.07) is 12.0. The lowest BCUT2D eigenvalue weighted by Gasteiger charge is -2.17. The predicted octanol–water partition coefficient (Wildman–Crippen LogP) is 2.61. The number of carbonyl (C=O) groups is 3. The summed E-state index contributed by atoms with van der Waals surface area (Å²) in [5.41, 5.74) is 1.75. The van der Waals surface area contributed by atoms with E-state index in [0.717, 1.165) is 0 Å². The number of nitrogens with zero attached hydrogens (tertiary/aromatic N) is 1. The quantitative estimate of drug-likeness (QED) is 0.841. The molecule has 1 atom stereocenters. The van der Waals surface area contributed by atoms with E-state index in [0.29, 0.717) is 28.4 Å². The van der Waals surface area contributed by atoms with Crippen molar-refractivity contribution in [3.63, 3.8) is 0 Å². The summed E-state index contributed by atoms with van der Waals surface area (Å²) in [6.07, 6.45) is 0.132. The minimum Gasteiger partial charge on any atom is -0.454 e. The van der Waals surface area contributed by atoms with E-state index in [2.05, 4.69) is 5.32 Å². The van der Waals surface area contributed by atoms with E-state index in [4.69, 9.17) is 9.47 Å². The molecule has 2 aromatic carbocycles. The predicted molar refractivity (Wildman–Crippen MR) is 98.1 cm³/mol. The zero-order valence-electron chi connectivity index (χ0n) is 14.7. The van der Waals surface area contributed by atoms with Crippen LogP contribution in [0.4, 0.5) is 11.4 Å². The van der Waals surface area contributed by atoms with Crippen molar-refractivity contribution >= 4 is 29.0 Å². The van der Waals surface area contributed by atoms with Crippen LogP contribution in [0.3, 0.4) is 0 Å². The highest BCUT2D eigenvalue weighted by atomic mass is 16.7. The van der Waals surface area contributed by atoms with Gasteiger partial charge in [-0.2, -0.15) is 0 Å². The zero-order chi connectivity index (χ0) is 19.0.